The van der Waals surface area contributed by atoms with Crippen LogP contribution in [0.5, 0.6) is 0 Å². The molecule has 0 saturated heterocycles. The second-order valence-electron chi connectivity index (χ2n) is 4.86. The Kier molecular flexibility index (Phi) is 4.79. The lowest BCUT2D eigenvalue weighted by Crippen LogP contribution is -2.38. The highest BCUT2D eigenvalue weighted by Crippen LogP contribution is 2.33. The number of rotatable bonds is 3. The van der Waals surface area contributed by atoms with E-state index in [2.05, 4.69) is 0 Å². The molecule has 1 amide bonds. The van der Waals surface area contributed by atoms with Crippen LogP contribution in [0.2, 0.25) is 5.02 Å². The van der Waals surface area contributed by atoms with E-state index >= 15 is 0 Å². The first-order valence-corrected chi connectivity index (χ1v) is 6.86. The molecular weight excluding hydrogens is 333 g/mol. The summed E-state index contributed by atoms with van der Waals surface area (Å²) in [5.74, 6) is -0.986. The molecule has 0 unspecified atom stereocenters. The number of hydrogen-bond donors (Lipinski definition) is 1. The minimum atomic E-state index is -4.69. The number of aromatic nitrogens is 1. The number of hydrogen-bond acceptors (Lipinski definition) is 2. The third-order valence-electron chi connectivity index (χ3n) is 3.17. The molecule has 0 fully saturated rings. The van der Waals surface area contributed by atoms with E-state index in [4.69, 9.17) is 11.6 Å². The number of carbonyl (C=O) groups is 1. The van der Waals surface area contributed by atoms with Crippen LogP contribution in [-0.4, -0.2) is 16.7 Å². The first kappa shape index (κ1) is 17.1. The van der Waals surface area contributed by atoms with Crippen LogP contribution in [0.1, 0.15) is 22.0 Å². The van der Waals surface area contributed by atoms with Gasteiger partial charge in [0.15, 0.2) is 6.04 Å². The number of carbonyl (C=O) groups excluding carboxylic acids is 1. The molecule has 8 heteroatoms. The lowest BCUT2D eigenvalue weighted by molar-refractivity contribution is -0.155. The van der Waals surface area contributed by atoms with Crippen LogP contribution in [0.3, 0.4) is 0 Å². The summed E-state index contributed by atoms with van der Waals surface area (Å²) in [5, 5.41) is 2.19. The van der Waals surface area contributed by atoms with E-state index in [1.54, 1.807) is 0 Å². The van der Waals surface area contributed by atoms with Gasteiger partial charge in [0.1, 0.15) is 0 Å². The van der Waals surface area contributed by atoms with Gasteiger partial charge in [-0.05, 0) is 23.8 Å². The van der Waals surface area contributed by atoms with Gasteiger partial charge in [0.2, 0.25) is 0 Å². The Bertz CT molecular complexity index is 770. The van der Waals surface area contributed by atoms with E-state index in [0.29, 0.717) is 0 Å². The number of benzene rings is 1. The molecular formula is C15H12ClF3N2O2. The highest BCUT2D eigenvalue weighted by molar-refractivity contribution is 6.30. The Morgan fingerprint density at radius 3 is 2.35 bits per heavy atom. The average molecular weight is 345 g/mol. The van der Waals surface area contributed by atoms with Crippen LogP contribution in [-0.2, 0) is 7.05 Å². The number of nitrogens with one attached hydrogen (secondary N) is 1. The van der Waals surface area contributed by atoms with E-state index in [9.17, 15) is 22.8 Å². The van der Waals surface area contributed by atoms with Crippen LogP contribution < -0.4 is 10.9 Å². The molecule has 0 bridgehead atoms. The number of nitrogens with zero attached hydrogens (tertiary/aromatic N) is 1. The third-order valence-corrected chi connectivity index (χ3v) is 3.42. The van der Waals surface area contributed by atoms with Crippen LogP contribution in [0.25, 0.3) is 0 Å². The second kappa shape index (κ2) is 6.45. The van der Waals surface area contributed by atoms with Gasteiger partial charge in [-0.2, -0.15) is 13.2 Å². The molecule has 0 radical (unpaired) electrons. The van der Waals surface area contributed by atoms with Gasteiger partial charge in [-0.25, -0.2) is 0 Å². The predicted molar refractivity (Wildman–Crippen MR) is 79.4 cm³/mol. The van der Waals surface area contributed by atoms with Crippen LogP contribution in [0.4, 0.5) is 13.2 Å². The summed E-state index contributed by atoms with van der Waals surface area (Å²) in [6.07, 6.45) is -3.38. The molecule has 23 heavy (non-hydrogen) atoms. The number of aryl methyl sites for hydroxylation is 1. The summed E-state index contributed by atoms with van der Waals surface area (Å²) in [6.45, 7) is 0. The van der Waals surface area contributed by atoms with Crippen LogP contribution >= 0.6 is 11.6 Å². The van der Waals surface area contributed by atoms with Crippen molar-refractivity contribution in [3.05, 3.63) is 69.1 Å². The molecule has 0 aliphatic carbocycles. The maximum Gasteiger partial charge on any atom is 0.412 e. The minimum Gasteiger partial charge on any atom is -0.337 e. The van der Waals surface area contributed by atoms with Gasteiger partial charge in [0.05, 0.1) is 0 Å². The van der Waals surface area contributed by atoms with Crippen molar-refractivity contribution in [1.29, 1.82) is 0 Å². The third kappa shape index (κ3) is 4.13. The summed E-state index contributed by atoms with van der Waals surface area (Å²) in [4.78, 5) is 23.5. The second-order valence-corrected chi connectivity index (χ2v) is 5.30. The molecule has 0 spiro atoms. The molecule has 0 aliphatic heterocycles. The Balaban J connectivity index is 2.31. The Labute approximate surface area is 134 Å². The molecule has 2 rings (SSSR count). The standard InChI is InChI=1S/C15H12ClF3N2O2/c1-21-7-6-10(8-12(21)22)14(23)20-13(15(17,18)19)9-2-4-11(16)5-3-9/h2-8,13H,1H3,(H,20,23)/t13-/m1/s1. The number of pyridine rings is 1. The van der Waals surface area contributed by atoms with Gasteiger partial charge >= 0.3 is 6.18 Å². The van der Waals surface area contributed by atoms with Crippen molar-refractivity contribution in [1.82, 2.24) is 9.88 Å². The topological polar surface area (TPSA) is 51.1 Å². The van der Waals surface area contributed by atoms with Gasteiger partial charge in [-0.1, -0.05) is 23.7 Å². The highest BCUT2D eigenvalue weighted by Gasteiger charge is 2.42. The predicted octanol–water partition coefficient (Wildman–Crippen LogP) is 3.07. The number of alkyl halides is 3. The molecule has 1 atom stereocenters. The van der Waals surface area contributed by atoms with Crippen molar-refractivity contribution in [3.63, 3.8) is 0 Å². The fourth-order valence-corrected chi connectivity index (χ4v) is 2.04. The molecule has 0 saturated carbocycles. The quantitative estimate of drug-likeness (QED) is 0.930. The fraction of sp³-hybridized carbons (Fsp3) is 0.200. The summed E-state index contributed by atoms with van der Waals surface area (Å²) >= 11 is 5.66. The molecule has 0 aliphatic rings. The minimum absolute atomic E-state index is 0.142. The zero-order valence-electron chi connectivity index (χ0n) is 11.9. The van der Waals surface area contributed by atoms with Crippen molar-refractivity contribution >= 4 is 17.5 Å². The van der Waals surface area contributed by atoms with E-state index in [-0.39, 0.29) is 16.1 Å². The van der Waals surface area contributed by atoms with E-state index in [1.807, 2.05) is 5.32 Å². The van der Waals surface area contributed by atoms with Crippen molar-refractivity contribution in [2.45, 2.75) is 12.2 Å². The highest BCUT2D eigenvalue weighted by atomic mass is 35.5. The zero-order chi connectivity index (χ0) is 17.2. The van der Waals surface area contributed by atoms with Gasteiger partial charge < -0.3 is 9.88 Å². The van der Waals surface area contributed by atoms with Gasteiger partial charge in [-0.3, -0.25) is 9.59 Å². The Morgan fingerprint density at radius 1 is 1.22 bits per heavy atom. The normalized spacial score (nSPS) is 12.7. The van der Waals surface area contributed by atoms with Crippen molar-refractivity contribution in [2.75, 3.05) is 0 Å². The van der Waals surface area contributed by atoms with Gasteiger partial charge in [-0.15, -0.1) is 0 Å². The van der Waals surface area contributed by atoms with Crippen molar-refractivity contribution in [3.8, 4) is 0 Å². The maximum absolute atomic E-state index is 13.2. The van der Waals surface area contributed by atoms with Crippen LogP contribution in [0, 0.1) is 0 Å². The summed E-state index contributed by atoms with van der Waals surface area (Å²) in [6, 6.07) is 5.03. The van der Waals surface area contributed by atoms with Gasteiger partial charge in [0.25, 0.3) is 11.5 Å². The van der Waals surface area contributed by atoms with Crippen LogP contribution in [0.15, 0.2) is 47.4 Å². The Morgan fingerprint density at radius 2 is 1.83 bits per heavy atom. The first-order valence-electron chi connectivity index (χ1n) is 6.48. The van der Waals surface area contributed by atoms with Gasteiger partial charge in [0, 0.05) is 29.9 Å². The molecule has 4 nitrogen and oxygen atoms in total. The van der Waals surface area contributed by atoms with Crippen molar-refractivity contribution < 1.29 is 18.0 Å². The number of halogens is 4. The monoisotopic (exact) mass is 344 g/mol. The zero-order valence-corrected chi connectivity index (χ0v) is 12.7. The summed E-state index contributed by atoms with van der Waals surface area (Å²) in [7, 11) is 1.47. The van der Waals surface area contributed by atoms with E-state index in [1.165, 1.54) is 48.1 Å². The largest absolute Gasteiger partial charge is 0.412 e. The maximum atomic E-state index is 13.2. The SMILES string of the molecule is Cn1ccc(C(=O)N[C@H](c2ccc(Cl)cc2)C(F)(F)F)cc1=O. The summed E-state index contributed by atoms with van der Waals surface area (Å²) in [5.41, 5.74) is -0.789. The number of amides is 1. The smallest absolute Gasteiger partial charge is 0.337 e. The summed E-state index contributed by atoms with van der Waals surface area (Å²) < 4.78 is 40.8. The van der Waals surface area contributed by atoms with E-state index in [0.717, 1.165) is 6.07 Å². The molecule has 1 N–H and O–H groups in total. The molecule has 1 aromatic heterocycles. The fourth-order valence-electron chi connectivity index (χ4n) is 1.91. The van der Waals surface area contributed by atoms with E-state index < -0.39 is 23.7 Å². The molecule has 2 aromatic rings. The molecule has 1 heterocycles. The molecule has 122 valence electrons. The first-order chi connectivity index (χ1) is 10.7. The lowest BCUT2D eigenvalue weighted by Gasteiger charge is -2.22. The average Bonchev–Trinajstić information content (AvgIpc) is 2.47. The lowest BCUT2D eigenvalue weighted by atomic mass is 10.1. The Hall–Kier alpha value is -2.28. The molecule has 1 aromatic carbocycles. The van der Waals surface area contributed by atoms with Crippen molar-refractivity contribution in [2.24, 2.45) is 7.05 Å².